The third kappa shape index (κ3) is 2.24. The van der Waals surface area contributed by atoms with E-state index in [1.807, 2.05) is 0 Å². The molecule has 0 atom stereocenters. The van der Waals surface area contributed by atoms with Crippen molar-refractivity contribution in [3.63, 3.8) is 0 Å². The van der Waals surface area contributed by atoms with E-state index in [9.17, 15) is 0 Å². The van der Waals surface area contributed by atoms with Gasteiger partial charge in [0.15, 0.2) is 4.96 Å². The molecule has 1 aliphatic carbocycles. The highest BCUT2D eigenvalue weighted by Crippen LogP contribution is 2.29. The standard InChI is InChI=1S/C13H19N3OS/c1-17-12-11(16-7-8-18-13(16)15-12)9-14-6-5-10-3-2-4-10/h7-8,10,14H,2-6,9H2,1H3. The lowest BCUT2D eigenvalue weighted by molar-refractivity contribution is 0.291. The molecule has 98 valence electrons. The van der Waals surface area contributed by atoms with Crippen LogP contribution in [-0.2, 0) is 6.54 Å². The lowest BCUT2D eigenvalue weighted by Crippen LogP contribution is -2.21. The molecule has 0 spiro atoms. The van der Waals surface area contributed by atoms with Crippen LogP contribution in [0.25, 0.3) is 4.96 Å². The van der Waals surface area contributed by atoms with Gasteiger partial charge in [-0.15, -0.1) is 11.3 Å². The largest absolute Gasteiger partial charge is 0.480 e. The summed E-state index contributed by atoms with van der Waals surface area (Å²) in [4.78, 5) is 5.45. The third-order valence-electron chi connectivity index (χ3n) is 3.76. The fourth-order valence-electron chi connectivity index (χ4n) is 2.43. The Hall–Kier alpha value is -1.07. The lowest BCUT2D eigenvalue weighted by Gasteiger charge is -2.25. The van der Waals surface area contributed by atoms with Gasteiger partial charge in [-0.3, -0.25) is 4.40 Å². The second kappa shape index (κ2) is 5.28. The van der Waals surface area contributed by atoms with E-state index in [4.69, 9.17) is 4.74 Å². The van der Waals surface area contributed by atoms with Gasteiger partial charge in [0.1, 0.15) is 5.69 Å². The van der Waals surface area contributed by atoms with Crippen molar-refractivity contribution < 1.29 is 4.74 Å². The van der Waals surface area contributed by atoms with Crippen molar-refractivity contribution in [1.29, 1.82) is 0 Å². The van der Waals surface area contributed by atoms with Gasteiger partial charge in [-0.05, 0) is 18.9 Å². The van der Waals surface area contributed by atoms with Gasteiger partial charge in [0.05, 0.1) is 7.11 Å². The van der Waals surface area contributed by atoms with Crippen LogP contribution in [0.15, 0.2) is 11.6 Å². The molecule has 0 radical (unpaired) electrons. The van der Waals surface area contributed by atoms with Crippen LogP contribution in [0.2, 0.25) is 0 Å². The summed E-state index contributed by atoms with van der Waals surface area (Å²) in [6.07, 6.45) is 7.63. The number of hydrogen-bond acceptors (Lipinski definition) is 4. The van der Waals surface area contributed by atoms with Crippen LogP contribution in [0.4, 0.5) is 0 Å². The van der Waals surface area contributed by atoms with E-state index in [-0.39, 0.29) is 0 Å². The molecule has 3 rings (SSSR count). The van der Waals surface area contributed by atoms with Crippen LogP contribution < -0.4 is 10.1 Å². The maximum Gasteiger partial charge on any atom is 0.237 e. The molecule has 2 aromatic heterocycles. The molecule has 5 heteroatoms. The number of nitrogens with zero attached hydrogens (tertiary/aromatic N) is 2. The predicted octanol–water partition coefficient (Wildman–Crippen LogP) is 2.68. The van der Waals surface area contributed by atoms with Crippen molar-refractivity contribution >= 4 is 16.3 Å². The molecule has 0 aliphatic heterocycles. The number of aromatic nitrogens is 2. The quantitative estimate of drug-likeness (QED) is 0.816. The van der Waals surface area contributed by atoms with E-state index in [0.29, 0.717) is 0 Å². The Labute approximate surface area is 111 Å². The number of imidazole rings is 1. The molecule has 4 nitrogen and oxygen atoms in total. The number of methoxy groups -OCH3 is 1. The van der Waals surface area contributed by atoms with Crippen molar-refractivity contribution in [2.75, 3.05) is 13.7 Å². The minimum absolute atomic E-state index is 0.748. The maximum absolute atomic E-state index is 5.33. The zero-order valence-corrected chi connectivity index (χ0v) is 11.5. The van der Waals surface area contributed by atoms with Crippen LogP contribution in [0, 0.1) is 5.92 Å². The van der Waals surface area contributed by atoms with Crippen LogP contribution in [0.5, 0.6) is 5.88 Å². The summed E-state index contributed by atoms with van der Waals surface area (Å²) in [5, 5.41) is 5.56. The zero-order chi connectivity index (χ0) is 12.4. The first-order valence-corrected chi connectivity index (χ1v) is 7.45. The SMILES string of the molecule is COc1nc2sccn2c1CNCCC1CCC1. The highest BCUT2D eigenvalue weighted by atomic mass is 32.1. The highest BCUT2D eigenvalue weighted by molar-refractivity contribution is 7.15. The smallest absolute Gasteiger partial charge is 0.237 e. The van der Waals surface area contributed by atoms with Crippen molar-refractivity contribution in [2.45, 2.75) is 32.2 Å². The molecule has 0 bridgehead atoms. The fourth-order valence-corrected chi connectivity index (χ4v) is 3.16. The maximum atomic E-state index is 5.33. The van der Waals surface area contributed by atoms with Gasteiger partial charge in [-0.25, -0.2) is 0 Å². The Morgan fingerprint density at radius 2 is 2.44 bits per heavy atom. The summed E-state index contributed by atoms with van der Waals surface area (Å²) in [5.41, 5.74) is 1.13. The van der Waals surface area contributed by atoms with Gasteiger partial charge in [0.2, 0.25) is 5.88 Å². The van der Waals surface area contributed by atoms with Gasteiger partial charge in [-0.1, -0.05) is 19.3 Å². The number of thiazole rings is 1. The average molecular weight is 265 g/mol. The minimum Gasteiger partial charge on any atom is -0.480 e. The first-order valence-electron chi connectivity index (χ1n) is 6.57. The Morgan fingerprint density at radius 1 is 1.56 bits per heavy atom. The van der Waals surface area contributed by atoms with Gasteiger partial charge in [0, 0.05) is 18.1 Å². The summed E-state index contributed by atoms with van der Waals surface area (Å²) in [6, 6.07) is 0. The topological polar surface area (TPSA) is 38.6 Å². The first-order chi connectivity index (χ1) is 8.88. The van der Waals surface area contributed by atoms with Gasteiger partial charge in [0.25, 0.3) is 0 Å². The predicted molar refractivity (Wildman–Crippen MR) is 73.3 cm³/mol. The number of ether oxygens (including phenoxy) is 1. The Morgan fingerprint density at radius 3 is 3.17 bits per heavy atom. The molecule has 0 amide bonds. The normalized spacial score (nSPS) is 16.1. The molecule has 1 saturated carbocycles. The molecule has 1 aliphatic rings. The molecule has 18 heavy (non-hydrogen) atoms. The van der Waals surface area contributed by atoms with E-state index in [1.165, 1.54) is 25.7 Å². The number of rotatable bonds is 6. The molecular weight excluding hydrogens is 246 g/mol. The Balaban J connectivity index is 1.59. The van der Waals surface area contributed by atoms with E-state index < -0.39 is 0 Å². The van der Waals surface area contributed by atoms with E-state index in [1.54, 1.807) is 18.4 Å². The summed E-state index contributed by atoms with van der Waals surface area (Å²) in [5.74, 6) is 1.71. The molecule has 0 saturated heterocycles. The molecule has 2 heterocycles. The van der Waals surface area contributed by atoms with Crippen molar-refractivity contribution in [3.8, 4) is 5.88 Å². The van der Waals surface area contributed by atoms with Gasteiger partial charge >= 0.3 is 0 Å². The Bertz CT molecular complexity index is 515. The number of nitrogens with one attached hydrogen (secondary N) is 1. The van der Waals surface area contributed by atoms with Crippen LogP contribution >= 0.6 is 11.3 Å². The summed E-state index contributed by atoms with van der Waals surface area (Å²) in [6.45, 7) is 1.92. The molecule has 1 N–H and O–H groups in total. The van der Waals surface area contributed by atoms with E-state index in [0.717, 1.165) is 35.5 Å². The monoisotopic (exact) mass is 265 g/mol. The fraction of sp³-hybridized carbons (Fsp3) is 0.615. The third-order valence-corrected chi connectivity index (χ3v) is 4.52. The Kier molecular flexibility index (Phi) is 3.52. The zero-order valence-electron chi connectivity index (χ0n) is 10.7. The van der Waals surface area contributed by atoms with Crippen LogP contribution in [0.1, 0.15) is 31.4 Å². The molecule has 2 aromatic rings. The lowest BCUT2D eigenvalue weighted by atomic mass is 9.83. The van der Waals surface area contributed by atoms with Crippen molar-refractivity contribution in [3.05, 3.63) is 17.3 Å². The number of fused-ring (bicyclic) bond motifs is 1. The second-order valence-electron chi connectivity index (χ2n) is 4.89. The minimum atomic E-state index is 0.748. The second-order valence-corrected chi connectivity index (χ2v) is 5.76. The van der Waals surface area contributed by atoms with Crippen LogP contribution in [-0.4, -0.2) is 23.0 Å². The van der Waals surface area contributed by atoms with Crippen molar-refractivity contribution in [1.82, 2.24) is 14.7 Å². The van der Waals surface area contributed by atoms with Crippen LogP contribution in [0.3, 0.4) is 0 Å². The summed E-state index contributed by atoms with van der Waals surface area (Å²) in [7, 11) is 1.68. The molecule has 0 unspecified atom stereocenters. The average Bonchev–Trinajstić information content (AvgIpc) is 2.87. The molecule has 1 fully saturated rings. The first kappa shape index (κ1) is 12.0. The van der Waals surface area contributed by atoms with Gasteiger partial charge in [-0.2, -0.15) is 4.98 Å². The molecule has 0 aromatic carbocycles. The number of hydrogen-bond donors (Lipinski definition) is 1. The summed E-state index contributed by atoms with van der Waals surface area (Å²) < 4.78 is 7.44. The van der Waals surface area contributed by atoms with Crippen molar-refractivity contribution in [2.24, 2.45) is 5.92 Å². The van der Waals surface area contributed by atoms with Gasteiger partial charge < -0.3 is 10.1 Å². The summed E-state index contributed by atoms with van der Waals surface area (Å²) >= 11 is 1.64. The van der Waals surface area contributed by atoms with E-state index in [2.05, 4.69) is 26.3 Å². The molecular formula is C13H19N3OS. The highest BCUT2D eigenvalue weighted by Gasteiger charge is 2.17. The van der Waals surface area contributed by atoms with E-state index >= 15 is 0 Å².